The number of rotatable bonds is 1. The molecule has 0 bridgehead atoms. The predicted molar refractivity (Wildman–Crippen MR) is 75.7 cm³/mol. The highest BCUT2D eigenvalue weighted by molar-refractivity contribution is 5.96. The van der Waals surface area contributed by atoms with E-state index in [9.17, 15) is 14.8 Å². The minimum atomic E-state index is -0.374. The molecule has 0 unspecified atom stereocenters. The number of nitriles is 1. The van der Waals surface area contributed by atoms with Crippen LogP contribution in [0.3, 0.4) is 0 Å². The summed E-state index contributed by atoms with van der Waals surface area (Å²) in [4.78, 5) is 0. The SMILES string of the molecule is N#Cc1c(-c2ccccc2)cc2cc(F)ccc2c1O. The topological polar surface area (TPSA) is 44.0 Å². The molecule has 0 saturated carbocycles. The van der Waals surface area contributed by atoms with Crippen molar-refractivity contribution < 1.29 is 9.50 Å². The maximum atomic E-state index is 13.3. The summed E-state index contributed by atoms with van der Waals surface area (Å²) in [6.45, 7) is 0. The fourth-order valence-electron chi connectivity index (χ4n) is 2.32. The van der Waals surface area contributed by atoms with Crippen molar-refractivity contribution in [3.8, 4) is 22.9 Å². The molecule has 0 fully saturated rings. The molecule has 0 aliphatic rings. The zero-order valence-corrected chi connectivity index (χ0v) is 10.5. The molecule has 1 N–H and O–H groups in total. The minimum absolute atomic E-state index is 0.108. The van der Waals surface area contributed by atoms with Gasteiger partial charge in [-0.15, -0.1) is 0 Å². The zero-order valence-electron chi connectivity index (χ0n) is 10.5. The van der Waals surface area contributed by atoms with Crippen molar-refractivity contribution in [2.75, 3.05) is 0 Å². The van der Waals surface area contributed by atoms with Gasteiger partial charge in [0, 0.05) is 10.9 Å². The molecule has 3 rings (SSSR count). The highest BCUT2D eigenvalue weighted by atomic mass is 19.1. The van der Waals surface area contributed by atoms with E-state index in [1.807, 2.05) is 36.4 Å². The van der Waals surface area contributed by atoms with E-state index in [-0.39, 0.29) is 17.1 Å². The van der Waals surface area contributed by atoms with Gasteiger partial charge in [-0.25, -0.2) is 4.39 Å². The van der Waals surface area contributed by atoms with Crippen molar-refractivity contribution in [3.05, 3.63) is 66.0 Å². The second kappa shape index (κ2) is 4.67. The van der Waals surface area contributed by atoms with Gasteiger partial charge in [0.05, 0.1) is 0 Å². The van der Waals surface area contributed by atoms with Crippen LogP contribution in [-0.2, 0) is 0 Å². The Hall–Kier alpha value is -2.86. The second-order valence-electron chi connectivity index (χ2n) is 4.49. The van der Waals surface area contributed by atoms with E-state index in [1.54, 1.807) is 6.07 Å². The van der Waals surface area contributed by atoms with Crippen molar-refractivity contribution >= 4 is 10.8 Å². The third kappa shape index (κ3) is 1.88. The van der Waals surface area contributed by atoms with Crippen LogP contribution in [0.15, 0.2) is 54.6 Å². The van der Waals surface area contributed by atoms with Gasteiger partial charge in [0.1, 0.15) is 23.2 Å². The summed E-state index contributed by atoms with van der Waals surface area (Å²) in [7, 11) is 0. The maximum Gasteiger partial charge on any atom is 0.141 e. The van der Waals surface area contributed by atoms with E-state index in [2.05, 4.69) is 0 Å². The first kappa shape index (κ1) is 12.2. The lowest BCUT2D eigenvalue weighted by atomic mass is 9.95. The van der Waals surface area contributed by atoms with Gasteiger partial charge in [0.2, 0.25) is 0 Å². The van der Waals surface area contributed by atoms with E-state index in [0.717, 1.165) is 5.56 Å². The van der Waals surface area contributed by atoms with Crippen LogP contribution in [0.1, 0.15) is 5.56 Å². The lowest BCUT2D eigenvalue weighted by Gasteiger charge is -2.10. The molecule has 3 heteroatoms. The third-order valence-corrected chi connectivity index (χ3v) is 3.27. The van der Waals surface area contributed by atoms with Crippen molar-refractivity contribution in [2.24, 2.45) is 0 Å². The van der Waals surface area contributed by atoms with Crippen LogP contribution in [0.25, 0.3) is 21.9 Å². The number of phenols is 1. The molecule has 0 amide bonds. The lowest BCUT2D eigenvalue weighted by Crippen LogP contribution is -1.88. The molecule has 0 aromatic heterocycles. The predicted octanol–water partition coefficient (Wildman–Crippen LogP) is 4.22. The molecule has 96 valence electrons. The average molecular weight is 263 g/mol. The summed E-state index contributed by atoms with van der Waals surface area (Å²) in [6.07, 6.45) is 0. The quantitative estimate of drug-likeness (QED) is 0.714. The summed E-state index contributed by atoms with van der Waals surface area (Å²) in [5.74, 6) is -0.482. The van der Waals surface area contributed by atoms with Crippen LogP contribution in [0.5, 0.6) is 5.75 Å². The van der Waals surface area contributed by atoms with Gasteiger partial charge in [-0.2, -0.15) is 5.26 Å². The number of fused-ring (bicyclic) bond motifs is 1. The first-order valence-corrected chi connectivity index (χ1v) is 6.11. The Morgan fingerprint density at radius 2 is 1.75 bits per heavy atom. The van der Waals surface area contributed by atoms with Crippen molar-refractivity contribution in [2.45, 2.75) is 0 Å². The molecule has 0 spiro atoms. The van der Waals surface area contributed by atoms with Gasteiger partial charge in [0.15, 0.2) is 0 Å². The standard InChI is InChI=1S/C17H10FNO/c18-13-6-7-14-12(8-13)9-15(16(10-19)17(14)20)11-4-2-1-3-5-11/h1-9,20H. The van der Waals surface area contributed by atoms with Gasteiger partial charge in [-0.3, -0.25) is 0 Å². The first-order chi connectivity index (χ1) is 9.70. The van der Waals surface area contributed by atoms with Gasteiger partial charge >= 0.3 is 0 Å². The average Bonchev–Trinajstić information content (AvgIpc) is 2.47. The van der Waals surface area contributed by atoms with Gasteiger partial charge < -0.3 is 5.11 Å². The van der Waals surface area contributed by atoms with Crippen molar-refractivity contribution in [1.29, 1.82) is 5.26 Å². The minimum Gasteiger partial charge on any atom is -0.506 e. The fourth-order valence-corrected chi connectivity index (χ4v) is 2.32. The largest absolute Gasteiger partial charge is 0.506 e. The molecule has 0 aliphatic heterocycles. The molecule has 2 nitrogen and oxygen atoms in total. The Balaban J connectivity index is 2.40. The summed E-state index contributed by atoms with van der Waals surface area (Å²) in [6, 6.07) is 17.1. The highest BCUT2D eigenvalue weighted by Crippen LogP contribution is 2.36. The monoisotopic (exact) mass is 263 g/mol. The second-order valence-corrected chi connectivity index (χ2v) is 4.49. The Morgan fingerprint density at radius 1 is 1.00 bits per heavy atom. The normalized spacial score (nSPS) is 10.4. The van der Waals surface area contributed by atoms with Gasteiger partial charge in [0.25, 0.3) is 0 Å². The van der Waals surface area contributed by atoms with Crippen molar-refractivity contribution in [1.82, 2.24) is 0 Å². The summed E-state index contributed by atoms with van der Waals surface area (Å²) < 4.78 is 13.3. The lowest BCUT2D eigenvalue weighted by molar-refractivity contribution is 0.480. The van der Waals surface area contributed by atoms with E-state index in [4.69, 9.17) is 0 Å². The number of phenolic OH excluding ortho intramolecular Hbond substituents is 1. The number of hydrogen-bond acceptors (Lipinski definition) is 2. The molecule has 0 aliphatic carbocycles. The zero-order chi connectivity index (χ0) is 14.1. The number of nitrogens with zero attached hydrogens (tertiary/aromatic N) is 1. The molecular weight excluding hydrogens is 253 g/mol. The van der Waals surface area contributed by atoms with Crippen LogP contribution >= 0.6 is 0 Å². The molecule has 0 atom stereocenters. The summed E-state index contributed by atoms with van der Waals surface area (Å²) >= 11 is 0. The third-order valence-electron chi connectivity index (χ3n) is 3.27. The van der Waals surface area contributed by atoms with Gasteiger partial charge in [-0.05, 0) is 35.2 Å². The smallest absolute Gasteiger partial charge is 0.141 e. The summed E-state index contributed by atoms with van der Waals surface area (Å²) in [5.41, 5.74) is 1.62. The van der Waals surface area contributed by atoms with Crippen LogP contribution in [-0.4, -0.2) is 5.11 Å². The van der Waals surface area contributed by atoms with E-state index < -0.39 is 0 Å². The molecule has 3 aromatic rings. The van der Waals surface area contributed by atoms with Crippen LogP contribution in [0.2, 0.25) is 0 Å². The number of benzene rings is 3. The first-order valence-electron chi connectivity index (χ1n) is 6.11. The number of hydrogen-bond donors (Lipinski definition) is 1. The Morgan fingerprint density at radius 3 is 2.45 bits per heavy atom. The molecule has 0 heterocycles. The maximum absolute atomic E-state index is 13.3. The molecule has 20 heavy (non-hydrogen) atoms. The molecular formula is C17H10FNO. The summed E-state index contributed by atoms with van der Waals surface area (Å²) in [5, 5.41) is 20.6. The van der Waals surface area contributed by atoms with E-state index in [0.29, 0.717) is 16.3 Å². The highest BCUT2D eigenvalue weighted by Gasteiger charge is 2.14. The Labute approximate surface area is 115 Å². The molecule has 3 aromatic carbocycles. The number of aromatic hydroxyl groups is 1. The van der Waals surface area contributed by atoms with Crippen LogP contribution in [0, 0.1) is 17.1 Å². The van der Waals surface area contributed by atoms with Gasteiger partial charge in [-0.1, -0.05) is 30.3 Å². The van der Waals surface area contributed by atoms with Crippen molar-refractivity contribution in [3.63, 3.8) is 0 Å². The molecule has 0 radical (unpaired) electrons. The number of halogens is 1. The van der Waals surface area contributed by atoms with E-state index >= 15 is 0 Å². The van der Waals surface area contributed by atoms with Crippen LogP contribution < -0.4 is 0 Å². The Kier molecular flexibility index (Phi) is 2.85. The Bertz CT molecular complexity index is 835. The fraction of sp³-hybridized carbons (Fsp3) is 0. The van der Waals surface area contributed by atoms with E-state index in [1.165, 1.54) is 18.2 Å². The van der Waals surface area contributed by atoms with Crippen LogP contribution in [0.4, 0.5) is 4.39 Å². The molecule has 0 saturated heterocycles.